The summed E-state index contributed by atoms with van der Waals surface area (Å²) < 4.78 is 0. The molecule has 2 N–H and O–H groups in total. The molecule has 0 aliphatic carbocycles. The van der Waals surface area contributed by atoms with Gasteiger partial charge < -0.3 is 10.6 Å². The molecule has 1 saturated heterocycles. The second kappa shape index (κ2) is 7.41. The molecule has 1 atom stereocenters. The quantitative estimate of drug-likeness (QED) is 0.834. The minimum absolute atomic E-state index is 0.0652. The molecular formula is C16H25N3O. The number of rotatable bonds is 6. The number of benzene rings is 1. The van der Waals surface area contributed by atoms with Gasteiger partial charge in [-0.2, -0.15) is 0 Å². The maximum Gasteiger partial charge on any atom is 0.238 e. The molecule has 4 heteroatoms. The van der Waals surface area contributed by atoms with Gasteiger partial charge in [0.15, 0.2) is 0 Å². The molecule has 1 heterocycles. The molecule has 1 amide bonds. The van der Waals surface area contributed by atoms with Crippen LogP contribution in [0, 0.1) is 6.92 Å². The first-order valence-corrected chi connectivity index (χ1v) is 7.49. The molecule has 0 radical (unpaired) electrons. The van der Waals surface area contributed by atoms with Crippen LogP contribution < -0.4 is 10.6 Å². The van der Waals surface area contributed by atoms with Gasteiger partial charge in [0.05, 0.1) is 6.54 Å². The van der Waals surface area contributed by atoms with Crippen LogP contribution in [-0.4, -0.2) is 43.0 Å². The van der Waals surface area contributed by atoms with Gasteiger partial charge in [-0.1, -0.05) is 19.1 Å². The monoisotopic (exact) mass is 275 g/mol. The first kappa shape index (κ1) is 15.0. The van der Waals surface area contributed by atoms with E-state index in [4.69, 9.17) is 0 Å². The summed E-state index contributed by atoms with van der Waals surface area (Å²) in [6.45, 7) is 7.56. The number of anilines is 1. The summed E-state index contributed by atoms with van der Waals surface area (Å²) in [4.78, 5) is 14.3. The van der Waals surface area contributed by atoms with Crippen molar-refractivity contribution in [1.82, 2.24) is 10.2 Å². The fraction of sp³-hybridized carbons (Fsp3) is 0.562. The van der Waals surface area contributed by atoms with Crippen LogP contribution in [-0.2, 0) is 4.79 Å². The minimum Gasteiger partial charge on any atom is -0.325 e. The van der Waals surface area contributed by atoms with Crippen molar-refractivity contribution >= 4 is 11.6 Å². The first-order chi connectivity index (χ1) is 9.67. The summed E-state index contributed by atoms with van der Waals surface area (Å²) in [5.41, 5.74) is 2.04. The van der Waals surface area contributed by atoms with Gasteiger partial charge in [-0.25, -0.2) is 0 Å². The zero-order valence-electron chi connectivity index (χ0n) is 12.5. The van der Waals surface area contributed by atoms with Crippen LogP contribution in [0.15, 0.2) is 24.3 Å². The van der Waals surface area contributed by atoms with Gasteiger partial charge in [-0.15, -0.1) is 0 Å². The highest BCUT2D eigenvalue weighted by molar-refractivity contribution is 5.92. The first-order valence-electron chi connectivity index (χ1n) is 7.49. The van der Waals surface area contributed by atoms with Gasteiger partial charge in [0.2, 0.25) is 5.91 Å². The Morgan fingerprint density at radius 2 is 2.35 bits per heavy atom. The summed E-state index contributed by atoms with van der Waals surface area (Å²) in [5, 5.41) is 6.45. The molecule has 0 aromatic heterocycles. The number of amides is 1. The number of aryl methyl sites for hydroxylation is 1. The lowest BCUT2D eigenvalue weighted by Crippen LogP contribution is -2.41. The third kappa shape index (κ3) is 4.62. The van der Waals surface area contributed by atoms with Crippen LogP contribution in [0.4, 0.5) is 5.69 Å². The molecule has 110 valence electrons. The van der Waals surface area contributed by atoms with Crippen molar-refractivity contribution in [3.63, 3.8) is 0 Å². The highest BCUT2D eigenvalue weighted by atomic mass is 16.2. The van der Waals surface area contributed by atoms with Crippen LogP contribution in [0.25, 0.3) is 0 Å². The zero-order valence-corrected chi connectivity index (χ0v) is 12.5. The second-order valence-electron chi connectivity index (χ2n) is 5.54. The molecule has 2 rings (SSSR count). The van der Waals surface area contributed by atoms with E-state index in [-0.39, 0.29) is 5.91 Å². The molecule has 0 bridgehead atoms. The Morgan fingerprint density at radius 3 is 3.00 bits per heavy atom. The Morgan fingerprint density at radius 1 is 1.50 bits per heavy atom. The summed E-state index contributed by atoms with van der Waals surface area (Å²) in [5.74, 6) is 0.0652. The van der Waals surface area contributed by atoms with Crippen molar-refractivity contribution < 1.29 is 4.79 Å². The van der Waals surface area contributed by atoms with Crippen molar-refractivity contribution in [3.05, 3.63) is 29.8 Å². The number of nitrogens with zero attached hydrogens (tertiary/aromatic N) is 1. The standard InChI is InChI=1S/C16H25N3O/c1-3-19(11-15-8-5-9-17-15)12-16(20)18-14-7-4-6-13(2)10-14/h4,6-7,10,15,17H,3,5,8-9,11-12H2,1-2H3,(H,18,20). The molecule has 1 aliphatic rings. The fourth-order valence-corrected chi connectivity index (χ4v) is 2.66. The Bertz CT molecular complexity index is 441. The average molecular weight is 275 g/mol. The number of likely N-dealkylation sites (N-methyl/N-ethyl adjacent to an activating group) is 1. The molecule has 20 heavy (non-hydrogen) atoms. The third-order valence-electron chi connectivity index (χ3n) is 3.76. The average Bonchev–Trinajstić information content (AvgIpc) is 2.90. The molecule has 1 aliphatic heterocycles. The second-order valence-corrected chi connectivity index (χ2v) is 5.54. The Labute approximate surface area is 121 Å². The maximum atomic E-state index is 12.1. The lowest BCUT2D eigenvalue weighted by atomic mass is 10.2. The SMILES string of the molecule is CCN(CC(=O)Nc1cccc(C)c1)CC1CCCN1. The van der Waals surface area contributed by atoms with E-state index in [0.717, 1.165) is 30.9 Å². The normalized spacial score (nSPS) is 18.4. The Hall–Kier alpha value is -1.39. The highest BCUT2D eigenvalue weighted by Crippen LogP contribution is 2.10. The van der Waals surface area contributed by atoms with E-state index in [0.29, 0.717) is 12.6 Å². The lowest BCUT2D eigenvalue weighted by Gasteiger charge is -2.23. The van der Waals surface area contributed by atoms with Crippen molar-refractivity contribution in [2.24, 2.45) is 0 Å². The number of carbonyl (C=O) groups excluding carboxylic acids is 1. The molecule has 4 nitrogen and oxygen atoms in total. The summed E-state index contributed by atoms with van der Waals surface area (Å²) >= 11 is 0. The summed E-state index contributed by atoms with van der Waals surface area (Å²) in [6, 6.07) is 8.46. The van der Waals surface area contributed by atoms with Crippen LogP contribution >= 0.6 is 0 Å². The van der Waals surface area contributed by atoms with E-state index in [9.17, 15) is 4.79 Å². The predicted molar refractivity (Wildman–Crippen MR) is 82.9 cm³/mol. The molecular weight excluding hydrogens is 250 g/mol. The number of nitrogens with one attached hydrogen (secondary N) is 2. The van der Waals surface area contributed by atoms with Gasteiger partial charge in [0.25, 0.3) is 0 Å². The Balaban J connectivity index is 1.82. The van der Waals surface area contributed by atoms with Crippen LogP contribution in [0.5, 0.6) is 0 Å². The summed E-state index contributed by atoms with van der Waals surface area (Å²) in [6.07, 6.45) is 2.47. The topological polar surface area (TPSA) is 44.4 Å². The minimum atomic E-state index is 0.0652. The number of carbonyl (C=O) groups is 1. The number of hydrogen-bond acceptors (Lipinski definition) is 3. The van der Waals surface area contributed by atoms with E-state index >= 15 is 0 Å². The predicted octanol–water partition coefficient (Wildman–Crippen LogP) is 2.01. The van der Waals surface area contributed by atoms with Crippen molar-refractivity contribution in [3.8, 4) is 0 Å². The van der Waals surface area contributed by atoms with Gasteiger partial charge in [-0.3, -0.25) is 9.69 Å². The van der Waals surface area contributed by atoms with Crippen molar-refractivity contribution in [2.45, 2.75) is 32.7 Å². The molecule has 1 aromatic rings. The maximum absolute atomic E-state index is 12.1. The van der Waals surface area contributed by atoms with Gasteiger partial charge in [0.1, 0.15) is 0 Å². The molecule has 1 aromatic carbocycles. The largest absolute Gasteiger partial charge is 0.325 e. The van der Waals surface area contributed by atoms with E-state index < -0.39 is 0 Å². The fourth-order valence-electron chi connectivity index (χ4n) is 2.66. The molecule has 1 fully saturated rings. The van der Waals surface area contributed by atoms with Gasteiger partial charge in [0, 0.05) is 18.3 Å². The molecule has 0 saturated carbocycles. The third-order valence-corrected chi connectivity index (χ3v) is 3.76. The number of hydrogen-bond donors (Lipinski definition) is 2. The van der Waals surface area contributed by atoms with E-state index in [1.165, 1.54) is 12.8 Å². The van der Waals surface area contributed by atoms with Gasteiger partial charge >= 0.3 is 0 Å². The Kier molecular flexibility index (Phi) is 5.56. The molecule has 1 unspecified atom stereocenters. The van der Waals surface area contributed by atoms with E-state index in [2.05, 4.69) is 22.5 Å². The lowest BCUT2D eigenvalue weighted by molar-refractivity contribution is -0.117. The molecule has 0 spiro atoms. The van der Waals surface area contributed by atoms with Crippen LogP contribution in [0.3, 0.4) is 0 Å². The van der Waals surface area contributed by atoms with Crippen molar-refractivity contribution in [2.75, 3.05) is 31.5 Å². The zero-order chi connectivity index (χ0) is 14.4. The summed E-state index contributed by atoms with van der Waals surface area (Å²) in [7, 11) is 0. The van der Waals surface area contributed by atoms with Crippen molar-refractivity contribution in [1.29, 1.82) is 0 Å². The highest BCUT2D eigenvalue weighted by Gasteiger charge is 2.18. The van der Waals surface area contributed by atoms with E-state index in [1.54, 1.807) is 0 Å². The smallest absolute Gasteiger partial charge is 0.238 e. The van der Waals surface area contributed by atoms with Gasteiger partial charge in [-0.05, 0) is 50.6 Å². The van der Waals surface area contributed by atoms with Crippen LogP contribution in [0.1, 0.15) is 25.3 Å². The van der Waals surface area contributed by atoms with E-state index in [1.807, 2.05) is 31.2 Å². The van der Waals surface area contributed by atoms with Crippen LogP contribution in [0.2, 0.25) is 0 Å².